The summed E-state index contributed by atoms with van der Waals surface area (Å²) >= 11 is 9.37. The molecule has 24 heavy (non-hydrogen) atoms. The fourth-order valence-electron chi connectivity index (χ4n) is 2.61. The molecule has 0 bridgehead atoms. The summed E-state index contributed by atoms with van der Waals surface area (Å²) < 4.78 is 33.8. The number of hydrogen-bond acceptors (Lipinski definition) is 4. The third-order valence-corrected chi connectivity index (χ3v) is 6.51. The highest BCUT2D eigenvalue weighted by Crippen LogP contribution is 2.27. The van der Waals surface area contributed by atoms with Crippen molar-refractivity contribution in [2.45, 2.75) is 23.8 Å². The SMILES string of the molecule is O=S(=O)(c1ccc(Br)cc1)N1CCCC(Oc2ccncc2Cl)C1. The predicted molar refractivity (Wildman–Crippen MR) is 95.8 cm³/mol. The minimum absolute atomic E-state index is 0.233. The van der Waals surface area contributed by atoms with Crippen molar-refractivity contribution in [3.63, 3.8) is 0 Å². The molecular formula is C16H16BrClN2O3S. The molecule has 0 N–H and O–H groups in total. The van der Waals surface area contributed by atoms with E-state index >= 15 is 0 Å². The molecule has 1 unspecified atom stereocenters. The number of hydrogen-bond donors (Lipinski definition) is 0. The monoisotopic (exact) mass is 430 g/mol. The van der Waals surface area contributed by atoms with E-state index in [0.29, 0.717) is 23.9 Å². The van der Waals surface area contributed by atoms with Crippen LogP contribution in [0, 0.1) is 0 Å². The molecule has 1 aliphatic rings. The van der Waals surface area contributed by atoms with Crippen LogP contribution in [0.15, 0.2) is 52.1 Å². The lowest BCUT2D eigenvalue weighted by molar-refractivity contribution is 0.130. The Hall–Kier alpha value is -1.15. The molecule has 2 heterocycles. The Morgan fingerprint density at radius 3 is 2.71 bits per heavy atom. The van der Waals surface area contributed by atoms with Crippen LogP contribution in [0.25, 0.3) is 0 Å². The van der Waals surface area contributed by atoms with Gasteiger partial charge in [0.1, 0.15) is 16.9 Å². The van der Waals surface area contributed by atoms with Gasteiger partial charge in [0.05, 0.1) is 11.4 Å². The van der Waals surface area contributed by atoms with Gasteiger partial charge in [-0.1, -0.05) is 27.5 Å². The van der Waals surface area contributed by atoms with Crippen molar-refractivity contribution < 1.29 is 13.2 Å². The second-order valence-corrected chi connectivity index (χ2v) is 8.77. The predicted octanol–water partition coefficient (Wildman–Crippen LogP) is 3.73. The number of ether oxygens (including phenoxy) is 1. The molecule has 0 spiro atoms. The highest BCUT2D eigenvalue weighted by atomic mass is 79.9. The molecule has 0 radical (unpaired) electrons. The fourth-order valence-corrected chi connectivity index (χ4v) is 4.55. The van der Waals surface area contributed by atoms with Crippen molar-refractivity contribution in [3.05, 3.63) is 52.2 Å². The van der Waals surface area contributed by atoms with Gasteiger partial charge in [-0.3, -0.25) is 4.98 Å². The Balaban J connectivity index is 1.75. The number of aromatic nitrogens is 1. The number of pyridine rings is 1. The minimum atomic E-state index is -3.53. The summed E-state index contributed by atoms with van der Waals surface area (Å²) in [5.41, 5.74) is 0. The summed E-state index contributed by atoms with van der Waals surface area (Å²) in [5.74, 6) is 0.527. The van der Waals surface area contributed by atoms with Crippen LogP contribution in [0.1, 0.15) is 12.8 Å². The number of benzene rings is 1. The van der Waals surface area contributed by atoms with Gasteiger partial charge in [-0.05, 0) is 37.1 Å². The molecule has 128 valence electrons. The number of halogens is 2. The smallest absolute Gasteiger partial charge is 0.243 e. The van der Waals surface area contributed by atoms with Crippen LogP contribution < -0.4 is 4.74 Å². The largest absolute Gasteiger partial charge is 0.487 e. The second-order valence-electron chi connectivity index (χ2n) is 5.51. The van der Waals surface area contributed by atoms with E-state index in [0.717, 1.165) is 17.3 Å². The number of piperidine rings is 1. The molecule has 1 fully saturated rings. The third-order valence-electron chi connectivity index (χ3n) is 3.82. The molecule has 1 aliphatic heterocycles. The van der Waals surface area contributed by atoms with E-state index in [9.17, 15) is 8.42 Å². The lowest BCUT2D eigenvalue weighted by Crippen LogP contribution is -2.44. The summed E-state index contributed by atoms with van der Waals surface area (Å²) in [6.07, 6.45) is 4.40. The van der Waals surface area contributed by atoms with Gasteiger partial charge in [-0.25, -0.2) is 8.42 Å². The molecule has 2 aromatic rings. The normalized spacial score (nSPS) is 19.2. The van der Waals surface area contributed by atoms with Gasteiger partial charge in [-0.2, -0.15) is 4.31 Å². The summed E-state index contributed by atoms with van der Waals surface area (Å²) in [7, 11) is -3.53. The lowest BCUT2D eigenvalue weighted by atomic mass is 10.1. The topological polar surface area (TPSA) is 59.5 Å². The molecule has 1 atom stereocenters. The second kappa shape index (κ2) is 7.39. The van der Waals surface area contributed by atoms with Crippen molar-refractivity contribution in [2.75, 3.05) is 13.1 Å². The van der Waals surface area contributed by atoms with Crippen LogP contribution in [0.3, 0.4) is 0 Å². The average Bonchev–Trinajstić information content (AvgIpc) is 2.58. The molecule has 1 saturated heterocycles. The Morgan fingerprint density at radius 1 is 1.25 bits per heavy atom. The summed E-state index contributed by atoms with van der Waals surface area (Å²) in [5, 5.41) is 0.422. The van der Waals surface area contributed by atoms with E-state index in [1.54, 1.807) is 36.5 Å². The molecule has 0 amide bonds. The fraction of sp³-hybridized carbons (Fsp3) is 0.312. The van der Waals surface area contributed by atoms with Crippen molar-refractivity contribution in [1.82, 2.24) is 9.29 Å². The van der Waals surface area contributed by atoms with E-state index in [1.165, 1.54) is 10.5 Å². The molecule has 0 saturated carbocycles. The van der Waals surface area contributed by atoms with Gasteiger partial charge in [0.2, 0.25) is 10.0 Å². The number of sulfonamides is 1. The first-order valence-electron chi connectivity index (χ1n) is 7.49. The zero-order valence-corrected chi connectivity index (χ0v) is 15.9. The molecule has 3 rings (SSSR count). The van der Waals surface area contributed by atoms with Gasteiger partial charge in [0.15, 0.2) is 0 Å². The first-order valence-corrected chi connectivity index (χ1v) is 10.1. The Labute approximate surface area is 154 Å². The van der Waals surface area contributed by atoms with Crippen molar-refractivity contribution >= 4 is 37.6 Å². The molecule has 1 aromatic carbocycles. The van der Waals surface area contributed by atoms with Crippen LogP contribution >= 0.6 is 27.5 Å². The maximum Gasteiger partial charge on any atom is 0.243 e. The van der Waals surface area contributed by atoms with Gasteiger partial charge >= 0.3 is 0 Å². The standard InChI is InChI=1S/C16H16BrClN2O3S/c17-12-3-5-14(6-4-12)24(21,22)20-9-1-2-13(11-20)23-16-7-8-19-10-15(16)18/h3-8,10,13H,1-2,9,11H2. The molecule has 0 aliphatic carbocycles. The average molecular weight is 432 g/mol. The summed E-state index contributed by atoms with van der Waals surface area (Å²) in [4.78, 5) is 4.20. The van der Waals surface area contributed by atoms with E-state index in [4.69, 9.17) is 16.3 Å². The number of rotatable bonds is 4. The molecule has 8 heteroatoms. The number of nitrogens with zero attached hydrogens (tertiary/aromatic N) is 2. The van der Waals surface area contributed by atoms with Gasteiger partial charge in [0, 0.05) is 29.5 Å². The quantitative estimate of drug-likeness (QED) is 0.740. The van der Waals surface area contributed by atoms with E-state index < -0.39 is 10.0 Å². The lowest BCUT2D eigenvalue weighted by Gasteiger charge is -2.32. The molecule has 1 aromatic heterocycles. The zero-order chi connectivity index (χ0) is 17.2. The first-order chi connectivity index (χ1) is 11.5. The van der Waals surface area contributed by atoms with E-state index in [1.807, 2.05) is 0 Å². The van der Waals surface area contributed by atoms with Crippen molar-refractivity contribution in [2.24, 2.45) is 0 Å². The summed E-state index contributed by atoms with van der Waals surface area (Å²) in [6, 6.07) is 8.33. The Kier molecular flexibility index (Phi) is 5.44. The first kappa shape index (κ1) is 17.7. The van der Waals surface area contributed by atoms with Crippen LogP contribution in [0.5, 0.6) is 5.75 Å². The van der Waals surface area contributed by atoms with Crippen molar-refractivity contribution in [3.8, 4) is 5.75 Å². The third kappa shape index (κ3) is 3.91. The van der Waals surface area contributed by atoms with E-state index in [-0.39, 0.29) is 11.0 Å². The van der Waals surface area contributed by atoms with Crippen LogP contribution in [-0.4, -0.2) is 36.9 Å². The Morgan fingerprint density at radius 2 is 2.00 bits per heavy atom. The van der Waals surface area contributed by atoms with E-state index in [2.05, 4.69) is 20.9 Å². The van der Waals surface area contributed by atoms with Gasteiger partial charge in [0.25, 0.3) is 0 Å². The molecular weight excluding hydrogens is 416 g/mol. The summed E-state index contributed by atoms with van der Waals surface area (Å²) in [6.45, 7) is 0.791. The zero-order valence-electron chi connectivity index (χ0n) is 12.7. The minimum Gasteiger partial charge on any atom is -0.487 e. The van der Waals surface area contributed by atoms with Gasteiger partial charge < -0.3 is 4.74 Å². The van der Waals surface area contributed by atoms with Crippen molar-refractivity contribution in [1.29, 1.82) is 0 Å². The highest BCUT2D eigenvalue weighted by Gasteiger charge is 2.31. The van der Waals surface area contributed by atoms with Crippen LogP contribution in [-0.2, 0) is 10.0 Å². The molecule has 5 nitrogen and oxygen atoms in total. The van der Waals surface area contributed by atoms with Gasteiger partial charge in [-0.15, -0.1) is 0 Å². The Bertz CT molecular complexity index is 814. The van der Waals surface area contributed by atoms with Crippen LogP contribution in [0.2, 0.25) is 5.02 Å². The maximum atomic E-state index is 12.8. The highest BCUT2D eigenvalue weighted by molar-refractivity contribution is 9.10. The van der Waals surface area contributed by atoms with Crippen LogP contribution in [0.4, 0.5) is 0 Å². The maximum absolute atomic E-state index is 12.8.